The van der Waals surface area contributed by atoms with Crippen molar-refractivity contribution in [2.45, 2.75) is 6.54 Å². The van der Waals surface area contributed by atoms with E-state index in [4.69, 9.17) is 18.2 Å². The molecule has 1 aromatic carbocycles. The molecule has 6 heteroatoms. The van der Waals surface area contributed by atoms with Gasteiger partial charge in [-0.3, -0.25) is 13.9 Å². The summed E-state index contributed by atoms with van der Waals surface area (Å²) in [7, 11) is 1.39. The number of aromatic nitrogens is 2. The molecule has 0 aliphatic heterocycles. The maximum atomic E-state index is 12.0. The molecule has 19 heavy (non-hydrogen) atoms. The third kappa shape index (κ3) is 2.44. The van der Waals surface area contributed by atoms with Crippen molar-refractivity contribution in [3.05, 3.63) is 73.3 Å². The van der Waals surface area contributed by atoms with E-state index in [1.165, 1.54) is 17.7 Å². The first kappa shape index (κ1) is 13.1. The van der Waals surface area contributed by atoms with Crippen LogP contribution in [0.15, 0.2) is 39.9 Å². The fourth-order valence-corrected chi connectivity index (χ4v) is 1.94. The van der Waals surface area contributed by atoms with E-state index < -0.39 is 11.2 Å². The van der Waals surface area contributed by atoms with Gasteiger partial charge in [0, 0.05) is 19.7 Å². The van der Waals surface area contributed by atoms with E-state index in [0.717, 1.165) is 4.57 Å². The second-order valence-electron chi connectivity index (χ2n) is 3.97. The highest BCUT2D eigenvalue weighted by molar-refractivity contribution is 6.29. The summed E-state index contributed by atoms with van der Waals surface area (Å²) in [6.07, 6.45) is 0. The Morgan fingerprint density at radius 2 is 2.00 bits per heavy atom. The van der Waals surface area contributed by atoms with Crippen LogP contribution in [0.1, 0.15) is 5.56 Å². The fourth-order valence-electron chi connectivity index (χ4n) is 1.71. The molecule has 1 heterocycles. The number of rotatable bonds is 2. The molecule has 0 atom stereocenters. The first-order valence-corrected chi connectivity index (χ1v) is 5.84. The zero-order valence-corrected chi connectivity index (χ0v) is 10.9. The average Bonchev–Trinajstić information content (AvgIpc) is 2.41. The zero-order valence-electron chi connectivity index (χ0n) is 10.1. The molecule has 0 amide bonds. The quantitative estimate of drug-likeness (QED) is 0.620. The fraction of sp³-hybridized carbons (Fsp3) is 0.154. The molecule has 0 radical (unpaired) electrons. The van der Waals surface area contributed by atoms with Gasteiger partial charge in [0.2, 0.25) is 0 Å². The molecule has 0 spiro atoms. The summed E-state index contributed by atoms with van der Waals surface area (Å²) >= 11 is 5.92. The van der Waals surface area contributed by atoms with E-state index in [0.29, 0.717) is 11.3 Å². The van der Waals surface area contributed by atoms with Crippen molar-refractivity contribution in [1.82, 2.24) is 9.13 Å². The summed E-state index contributed by atoms with van der Waals surface area (Å²) in [6, 6.07) is 8.14. The van der Waals surface area contributed by atoms with E-state index in [-0.39, 0.29) is 11.7 Å². The Balaban J connectivity index is 2.57. The molecule has 0 N–H and O–H groups in total. The summed E-state index contributed by atoms with van der Waals surface area (Å²) in [5.41, 5.74) is 0.182. The topological polar surface area (TPSA) is 48.4 Å². The highest BCUT2D eigenvalue weighted by Crippen LogP contribution is 2.19. The Morgan fingerprint density at radius 1 is 1.32 bits per heavy atom. The number of nitrogens with zero attached hydrogens (tertiary/aromatic N) is 3. The average molecular weight is 276 g/mol. The van der Waals surface area contributed by atoms with E-state index in [9.17, 15) is 9.59 Å². The smallest absolute Gasteiger partial charge is 0.280 e. The molecule has 2 rings (SSSR count). The molecule has 0 fully saturated rings. The summed E-state index contributed by atoms with van der Waals surface area (Å²) in [5, 5.41) is 0.0629. The molecule has 1 aromatic heterocycles. The van der Waals surface area contributed by atoms with Crippen LogP contribution in [0, 0.1) is 6.57 Å². The van der Waals surface area contributed by atoms with Crippen LogP contribution >= 0.6 is 11.6 Å². The van der Waals surface area contributed by atoms with Crippen LogP contribution in [0.25, 0.3) is 4.85 Å². The third-order valence-electron chi connectivity index (χ3n) is 2.79. The number of para-hydroxylation sites is 1. The van der Waals surface area contributed by atoms with E-state index in [1.807, 2.05) is 0 Å². The van der Waals surface area contributed by atoms with Crippen LogP contribution in [0.4, 0.5) is 5.69 Å². The molecule has 5 nitrogen and oxygen atoms in total. The maximum absolute atomic E-state index is 12.0. The monoisotopic (exact) mass is 275 g/mol. The second kappa shape index (κ2) is 5.12. The van der Waals surface area contributed by atoms with Crippen LogP contribution in [-0.2, 0) is 13.6 Å². The van der Waals surface area contributed by atoms with E-state index in [1.54, 1.807) is 24.3 Å². The van der Waals surface area contributed by atoms with E-state index >= 15 is 0 Å². The van der Waals surface area contributed by atoms with Crippen molar-refractivity contribution in [3.8, 4) is 0 Å². The van der Waals surface area contributed by atoms with Gasteiger partial charge in [0.05, 0.1) is 6.57 Å². The summed E-state index contributed by atoms with van der Waals surface area (Å²) < 4.78 is 2.24. The Kier molecular flexibility index (Phi) is 3.54. The van der Waals surface area contributed by atoms with Crippen molar-refractivity contribution in [1.29, 1.82) is 0 Å². The Hall–Kier alpha value is -2.32. The lowest BCUT2D eigenvalue weighted by Gasteiger charge is -2.10. The van der Waals surface area contributed by atoms with Gasteiger partial charge in [0.1, 0.15) is 5.15 Å². The standard InChI is InChI=1S/C13H10ClN3O2/c1-15-10-6-4-3-5-9(10)8-17-11(14)7-12(18)16(2)13(17)19/h3-7H,8H2,2H3. The van der Waals surface area contributed by atoms with Crippen molar-refractivity contribution in [3.63, 3.8) is 0 Å². The Morgan fingerprint density at radius 3 is 2.68 bits per heavy atom. The molecule has 2 aromatic rings. The molecular weight excluding hydrogens is 266 g/mol. The molecule has 0 saturated carbocycles. The lowest BCUT2D eigenvalue weighted by atomic mass is 10.2. The van der Waals surface area contributed by atoms with Gasteiger partial charge in [-0.15, -0.1) is 0 Å². The normalized spacial score (nSPS) is 10.2. The van der Waals surface area contributed by atoms with Crippen LogP contribution in [0.2, 0.25) is 5.15 Å². The molecule has 0 unspecified atom stereocenters. The molecule has 96 valence electrons. The van der Waals surface area contributed by atoms with Crippen LogP contribution in [0.3, 0.4) is 0 Å². The van der Waals surface area contributed by atoms with Gasteiger partial charge in [-0.2, -0.15) is 0 Å². The highest BCUT2D eigenvalue weighted by Gasteiger charge is 2.09. The molecule has 0 aliphatic rings. The van der Waals surface area contributed by atoms with Crippen molar-refractivity contribution in [2.24, 2.45) is 7.05 Å². The van der Waals surface area contributed by atoms with Crippen LogP contribution < -0.4 is 11.2 Å². The zero-order chi connectivity index (χ0) is 14.0. The van der Waals surface area contributed by atoms with Gasteiger partial charge in [-0.25, -0.2) is 9.64 Å². The van der Waals surface area contributed by atoms with Gasteiger partial charge in [0.25, 0.3) is 5.56 Å². The van der Waals surface area contributed by atoms with Gasteiger partial charge in [-0.1, -0.05) is 35.9 Å². The molecule has 0 saturated heterocycles. The number of hydrogen-bond donors (Lipinski definition) is 0. The van der Waals surface area contributed by atoms with Gasteiger partial charge >= 0.3 is 5.69 Å². The lowest BCUT2D eigenvalue weighted by molar-refractivity contribution is 0.647. The first-order valence-electron chi connectivity index (χ1n) is 5.46. The highest BCUT2D eigenvalue weighted by atomic mass is 35.5. The minimum absolute atomic E-state index is 0.0629. The van der Waals surface area contributed by atoms with Crippen LogP contribution in [-0.4, -0.2) is 9.13 Å². The first-order chi connectivity index (χ1) is 9.04. The largest absolute Gasteiger partial charge is 0.332 e. The minimum atomic E-state index is -0.503. The lowest BCUT2D eigenvalue weighted by Crippen LogP contribution is -2.37. The number of benzene rings is 1. The minimum Gasteiger partial charge on any atom is -0.280 e. The van der Waals surface area contributed by atoms with E-state index in [2.05, 4.69) is 4.85 Å². The van der Waals surface area contributed by atoms with Gasteiger partial charge in [0.15, 0.2) is 5.69 Å². The van der Waals surface area contributed by atoms with Gasteiger partial charge < -0.3 is 0 Å². The predicted molar refractivity (Wildman–Crippen MR) is 72.8 cm³/mol. The summed E-state index contributed by atoms with van der Waals surface area (Å²) in [5.74, 6) is 0. The Labute approximate surface area is 114 Å². The molecular formula is C13H10ClN3O2. The maximum Gasteiger partial charge on any atom is 0.332 e. The van der Waals surface area contributed by atoms with Crippen molar-refractivity contribution in [2.75, 3.05) is 0 Å². The second-order valence-corrected chi connectivity index (χ2v) is 4.36. The van der Waals surface area contributed by atoms with Crippen LogP contribution in [0.5, 0.6) is 0 Å². The van der Waals surface area contributed by atoms with Crippen molar-refractivity contribution < 1.29 is 0 Å². The van der Waals surface area contributed by atoms with Crippen molar-refractivity contribution >= 4 is 17.3 Å². The molecule has 0 aliphatic carbocycles. The Bertz CT molecular complexity index is 784. The molecule has 0 bridgehead atoms. The third-order valence-corrected chi connectivity index (χ3v) is 3.10. The number of hydrogen-bond acceptors (Lipinski definition) is 2. The SMILES string of the molecule is [C-]#[N+]c1ccccc1Cn1c(Cl)cc(=O)n(C)c1=O. The summed E-state index contributed by atoms with van der Waals surface area (Å²) in [6.45, 7) is 7.24. The number of halogens is 1. The predicted octanol–water partition coefficient (Wildman–Crippen LogP) is 1.80. The summed E-state index contributed by atoms with van der Waals surface area (Å²) in [4.78, 5) is 26.8. The van der Waals surface area contributed by atoms with Gasteiger partial charge in [-0.05, 0) is 5.56 Å².